The Bertz CT molecular complexity index is 635. The molecular weight excluding hydrogens is 316 g/mol. The monoisotopic (exact) mass is 342 g/mol. The van der Waals surface area contributed by atoms with Crippen molar-refractivity contribution in [3.8, 4) is 0 Å². The van der Waals surface area contributed by atoms with E-state index in [4.69, 9.17) is 0 Å². The molecule has 0 unspecified atom stereocenters. The number of nitrogens with one attached hydrogen (secondary N) is 3. The third-order valence-corrected chi connectivity index (χ3v) is 5.97. The molecule has 1 fully saturated rings. The SMILES string of the molecule is CN(C)S(=O)(=O)c1ccc(NC(=O)C[NH+]2CC[NH+](C)CC2)cc1. The van der Waals surface area contributed by atoms with Gasteiger partial charge in [0.25, 0.3) is 5.91 Å². The van der Waals surface area contributed by atoms with E-state index in [0.29, 0.717) is 12.2 Å². The van der Waals surface area contributed by atoms with Crippen molar-refractivity contribution in [2.24, 2.45) is 0 Å². The van der Waals surface area contributed by atoms with E-state index < -0.39 is 10.0 Å². The van der Waals surface area contributed by atoms with Crippen molar-refractivity contribution in [2.75, 3.05) is 59.2 Å². The second-order valence-electron chi connectivity index (χ2n) is 6.24. The van der Waals surface area contributed by atoms with Crippen molar-refractivity contribution in [1.82, 2.24) is 4.31 Å². The number of amides is 1. The van der Waals surface area contributed by atoms with Gasteiger partial charge in [0.05, 0.1) is 11.9 Å². The van der Waals surface area contributed by atoms with Crippen LogP contribution in [-0.2, 0) is 14.8 Å². The van der Waals surface area contributed by atoms with E-state index in [9.17, 15) is 13.2 Å². The van der Waals surface area contributed by atoms with E-state index in [1.165, 1.54) is 40.3 Å². The van der Waals surface area contributed by atoms with Gasteiger partial charge in [-0.15, -0.1) is 0 Å². The Morgan fingerprint density at radius 1 is 1.13 bits per heavy atom. The molecule has 2 rings (SSSR count). The maximum Gasteiger partial charge on any atom is 0.279 e. The first-order chi connectivity index (χ1) is 10.8. The lowest BCUT2D eigenvalue weighted by atomic mass is 10.3. The fraction of sp³-hybridized carbons (Fsp3) is 0.533. The number of benzene rings is 1. The first kappa shape index (κ1) is 17.9. The number of sulfonamides is 1. The molecule has 1 amide bonds. The first-order valence-electron chi connectivity index (χ1n) is 7.76. The molecule has 8 heteroatoms. The number of nitrogens with zero attached hydrogens (tertiary/aromatic N) is 1. The summed E-state index contributed by atoms with van der Waals surface area (Å²) in [6, 6.07) is 6.27. The Labute approximate surface area is 137 Å². The number of quaternary nitrogens is 2. The molecule has 1 saturated heterocycles. The molecule has 1 heterocycles. The maximum atomic E-state index is 12.1. The van der Waals surface area contributed by atoms with E-state index in [1.807, 2.05) is 0 Å². The lowest BCUT2D eigenvalue weighted by Gasteiger charge is -2.26. The Morgan fingerprint density at radius 2 is 1.70 bits per heavy atom. The zero-order chi connectivity index (χ0) is 17.0. The molecule has 23 heavy (non-hydrogen) atoms. The first-order valence-corrected chi connectivity index (χ1v) is 9.20. The van der Waals surface area contributed by atoms with Gasteiger partial charge in [0.15, 0.2) is 6.54 Å². The fourth-order valence-electron chi connectivity index (χ4n) is 2.56. The minimum absolute atomic E-state index is 0.0391. The molecular formula is C15H26N4O3S+2. The van der Waals surface area contributed by atoms with Gasteiger partial charge in [-0.2, -0.15) is 0 Å². The Balaban J connectivity index is 1.92. The van der Waals surface area contributed by atoms with Gasteiger partial charge >= 0.3 is 0 Å². The van der Waals surface area contributed by atoms with Gasteiger partial charge in [-0.25, -0.2) is 12.7 Å². The van der Waals surface area contributed by atoms with Crippen LogP contribution in [0.4, 0.5) is 5.69 Å². The van der Waals surface area contributed by atoms with Crippen molar-refractivity contribution >= 4 is 21.6 Å². The average Bonchev–Trinajstić information content (AvgIpc) is 2.50. The van der Waals surface area contributed by atoms with Gasteiger partial charge in [0.1, 0.15) is 26.2 Å². The van der Waals surface area contributed by atoms with Crippen LogP contribution in [-0.4, -0.2) is 72.5 Å². The van der Waals surface area contributed by atoms with Gasteiger partial charge in [0.2, 0.25) is 10.0 Å². The number of carbonyl (C=O) groups excluding carboxylic acids is 1. The molecule has 0 saturated carbocycles. The van der Waals surface area contributed by atoms with E-state index >= 15 is 0 Å². The standard InChI is InChI=1S/C15H24N4O3S/c1-17(2)23(21,22)14-6-4-13(5-7-14)16-15(20)12-19-10-8-18(3)9-11-19/h4-7H,8-12H2,1-3H3,(H,16,20)/p+2. The highest BCUT2D eigenvalue weighted by Crippen LogP contribution is 2.16. The minimum Gasteiger partial charge on any atom is -0.328 e. The van der Waals surface area contributed by atoms with Crippen molar-refractivity contribution in [1.29, 1.82) is 0 Å². The van der Waals surface area contributed by atoms with E-state index in [2.05, 4.69) is 12.4 Å². The summed E-state index contributed by atoms with van der Waals surface area (Å²) in [5, 5.41) is 2.83. The van der Waals surface area contributed by atoms with Gasteiger partial charge in [-0.3, -0.25) is 4.79 Å². The highest BCUT2D eigenvalue weighted by molar-refractivity contribution is 7.89. The molecule has 0 spiro atoms. The smallest absolute Gasteiger partial charge is 0.279 e. The van der Waals surface area contributed by atoms with Crippen molar-refractivity contribution in [3.05, 3.63) is 24.3 Å². The number of piperazine rings is 1. The van der Waals surface area contributed by atoms with Gasteiger partial charge in [0, 0.05) is 19.8 Å². The topological polar surface area (TPSA) is 75.4 Å². The van der Waals surface area contributed by atoms with Gasteiger partial charge in [-0.05, 0) is 24.3 Å². The zero-order valence-electron chi connectivity index (χ0n) is 13.9. The molecule has 0 radical (unpaired) electrons. The number of rotatable bonds is 5. The third kappa shape index (κ3) is 4.74. The normalized spacial score (nSPS) is 22.1. The van der Waals surface area contributed by atoms with E-state index in [0.717, 1.165) is 26.2 Å². The van der Waals surface area contributed by atoms with E-state index in [1.54, 1.807) is 12.1 Å². The summed E-state index contributed by atoms with van der Waals surface area (Å²) in [6.45, 7) is 4.61. The second kappa shape index (κ2) is 7.39. The summed E-state index contributed by atoms with van der Waals surface area (Å²) in [6.07, 6.45) is 0. The van der Waals surface area contributed by atoms with Crippen LogP contribution in [0.25, 0.3) is 0 Å². The Morgan fingerprint density at radius 3 is 2.22 bits per heavy atom. The third-order valence-electron chi connectivity index (χ3n) is 4.14. The summed E-state index contributed by atoms with van der Waals surface area (Å²) in [5.41, 5.74) is 0.617. The number of anilines is 1. The van der Waals surface area contributed by atoms with Crippen LogP contribution in [0.1, 0.15) is 0 Å². The summed E-state index contributed by atoms with van der Waals surface area (Å²) < 4.78 is 25.1. The highest BCUT2D eigenvalue weighted by Gasteiger charge is 2.22. The molecule has 1 aromatic rings. The molecule has 3 N–H and O–H groups in total. The summed E-state index contributed by atoms with van der Waals surface area (Å²) >= 11 is 0. The molecule has 1 aliphatic heterocycles. The van der Waals surface area contributed by atoms with Crippen LogP contribution in [0.2, 0.25) is 0 Å². The lowest BCUT2D eigenvalue weighted by Crippen LogP contribution is -3.27. The quantitative estimate of drug-likeness (QED) is 0.545. The second-order valence-corrected chi connectivity index (χ2v) is 8.40. The predicted molar refractivity (Wildman–Crippen MR) is 88.1 cm³/mol. The molecule has 0 bridgehead atoms. The fourth-order valence-corrected chi connectivity index (χ4v) is 3.46. The van der Waals surface area contributed by atoms with Crippen LogP contribution < -0.4 is 15.1 Å². The molecule has 0 aliphatic carbocycles. The largest absolute Gasteiger partial charge is 0.328 e. The van der Waals surface area contributed by atoms with Crippen molar-refractivity contribution < 1.29 is 23.0 Å². The van der Waals surface area contributed by atoms with Crippen LogP contribution in [0.5, 0.6) is 0 Å². The number of hydrogen-bond acceptors (Lipinski definition) is 3. The zero-order valence-corrected chi connectivity index (χ0v) is 14.7. The number of likely N-dealkylation sites (N-methyl/N-ethyl adjacent to an activating group) is 1. The summed E-state index contributed by atoms with van der Waals surface area (Å²) in [7, 11) is 1.71. The minimum atomic E-state index is -3.44. The lowest BCUT2D eigenvalue weighted by molar-refractivity contribution is -0.999. The maximum absolute atomic E-state index is 12.1. The molecule has 0 atom stereocenters. The number of hydrogen-bond donors (Lipinski definition) is 3. The molecule has 1 aliphatic rings. The van der Waals surface area contributed by atoms with Gasteiger partial charge < -0.3 is 15.1 Å². The summed E-state index contributed by atoms with van der Waals surface area (Å²) in [5.74, 6) is -0.0391. The molecule has 128 valence electrons. The summed E-state index contributed by atoms with van der Waals surface area (Å²) in [4.78, 5) is 15.1. The predicted octanol–water partition coefficient (Wildman–Crippen LogP) is -2.71. The van der Waals surface area contributed by atoms with Crippen LogP contribution in [0, 0.1) is 0 Å². The average molecular weight is 342 g/mol. The molecule has 1 aromatic carbocycles. The van der Waals surface area contributed by atoms with Gasteiger partial charge in [-0.1, -0.05) is 0 Å². The van der Waals surface area contributed by atoms with Crippen molar-refractivity contribution in [3.63, 3.8) is 0 Å². The molecule has 7 nitrogen and oxygen atoms in total. The highest BCUT2D eigenvalue weighted by atomic mass is 32.2. The number of carbonyl (C=O) groups is 1. The Kier molecular flexibility index (Phi) is 5.74. The van der Waals surface area contributed by atoms with Crippen molar-refractivity contribution in [2.45, 2.75) is 4.90 Å². The van der Waals surface area contributed by atoms with Crippen LogP contribution in [0.15, 0.2) is 29.2 Å². The van der Waals surface area contributed by atoms with Crippen LogP contribution in [0.3, 0.4) is 0 Å². The molecule has 0 aromatic heterocycles. The van der Waals surface area contributed by atoms with Crippen LogP contribution >= 0.6 is 0 Å². The van der Waals surface area contributed by atoms with E-state index in [-0.39, 0.29) is 10.8 Å². The Hall–Kier alpha value is -1.48.